The van der Waals surface area contributed by atoms with E-state index in [-0.39, 0.29) is 17.7 Å². The first-order valence-electron chi connectivity index (χ1n) is 6.62. The maximum absolute atomic E-state index is 12.2. The van der Waals surface area contributed by atoms with Crippen LogP contribution in [0.4, 0.5) is 4.79 Å². The van der Waals surface area contributed by atoms with Crippen molar-refractivity contribution in [2.45, 2.75) is 19.4 Å². The molecule has 1 N–H and O–H groups in total. The summed E-state index contributed by atoms with van der Waals surface area (Å²) in [7, 11) is 1.24. The van der Waals surface area contributed by atoms with Crippen LogP contribution in [0, 0.1) is 0 Å². The van der Waals surface area contributed by atoms with Crippen LogP contribution in [0.3, 0.4) is 0 Å². The second-order valence-electron chi connectivity index (χ2n) is 5.44. The molecule has 1 aliphatic rings. The van der Waals surface area contributed by atoms with Crippen LogP contribution in [-0.4, -0.2) is 47.8 Å². The van der Waals surface area contributed by atoms with E-state index in [0.29, 0.717) is 0 Å². The van der Waals surface area contributed by atoms with E-state index in [0.717, 1.165) is 4.90 Å². The molecule has 2 rings (SSSR count). The molecule has 0 saturated carbocycles. The van der Waals surface area contributed by atoms with Crippen LogP contribution in [0.25, 0.3) is 0 Å². The van der Waals surface area contributed by atoms with E-state index in [1.54, 1.807) is 13.8 Å². The number of carbonyl (C=O) groups is 4. The fourth-order valence-corrected chi connectivity index (χ4v) is 2.13. The molecule has 1 aliphatic heterocycles. The molecule has 3 amide bonds. The van der Waals surface area contributed by atoms with Gasteiger partial charge in [0.2, 0.25) is 0 Å². The van der Waals surface area contributed by atoms with Crippen LogP contribution in [-0.2, 0) is 9.53 Å². The Labute approximate surface area is 127 Å². The minimum Gasteiger partial charge on any atom is -0.465 e. The molecule has 0 spiro atoms. The zero-order chi connectivity index (χ0) is 16.5. The molecular formula is C15H16N2O5. The van der Waals surface area contributed by atoms with Crippen molar-refractivity contribution in [2.24, 2.45) is 0 Å². The monoisotopic (exact) mass is 304 g/mol. The van der Waals surface area contributed by atoms with Crippen molar-refractivity contribution in [2.75, 3.05) is 13.7 Å². The molecule has 1 saturated heterocycles. The molecular weight excluding hydrogens is 288 g/mol. The number of hydrogen-bond acceptors (Lipinski definition) is 5. The summed E-state index contributed by atoms with van der Waals surface area (Å²) in [5.74, 6) is -1.47. The van der Waals surface area contributed by atoms with E-state index in [1.807, 2.05) is 0 Å². The molecule has 7 nitrogen and oxygen atoms in total. The van der Waals surface area contributed by atoms with Gasteiger partial charge in [-0.3, -0.25) is 14.5 Å². The molecule has 1 fully saturated rings. The molecule has 0 radical (unpaired) electrons. The van der Waals surface area contributed by atoms with Crippen molar-refractivity contribution in [3.8, 4) is 0 Å². The molecule has 0 aromatic heterocycles. The minimum absolute atomic E-state index is 0.228. The summed E-state index contributed by atoms with van der Waals surface area (Å²) >= 11 is 0. The number of esters is 1. The smallest absolute Gasteiger partial charge is 0.337 e. The van der Waals surface area contributed by atoms with Gasteiger partial charge in [0, 0.05) is 5.56 Å². The van der Waals surface area contributed by atoms with Gasteiger partial charge in [-0.15, -0.1) is 0 Å². The van der Waals surface area contributed by atoms with Crippen LogP contribution >= 0.6 is 0 Å². The highest BCUT2D eigenvalue weighted by atomic mass is 16.5. The van der Waals surface area contributed by atoms with Gasteiger partial charge in [-0.2, -0.15) is 0 Å². The molecule has 0 aliphatic carbocycles. The zero-order valence-corrected chi connectivity index (χ0v) is 12.5. The Balaban J connectivity index is 2.18. The molecule has 0 atom stereocenters. The van der Waals surface area contributed by atoms with Gasteiger partial charge in [-0.25, -0.2) is 9.59 Å². The maximum Gasteiger partial charge on any atom is 0.337 e. The predicted octanol–water partition coefficient (Wildman–Crippen LogP) is 0.986. The molecule has 116 valence electrons. The number of nitrogens with one attached hydrogen (secondary N) is 1. The molecule has 0 bridgehead atoms. The van der Waals surface area contributed by atoms with Crippen LogP contribution in [0.15, 0.2) is 24.3 Å². The Kier molecular flexibility index (Phi) is 3.99. The minimum atomic E-state index is -1.02. The van der Waals surface area contributed by atoms with Crippen molar-refractivity contribution < 1.29 is 23.9 Å². The van der Waals surface area contributed by atoms with Gasteiger partial charge >= 0.3 is 12.0 Å². The number of urea groups is 1. The zero-order valence-electron chi connectivity index (χ0n) is 12.5. The number of carbonyl (C=O) groups excluding carboxylic acids is 4. The van der Waals surface area contributed by atoms with Crippen LogP contribution in [0.1, 0.15) is 34.6 Å². The Morgan fingerprint density at radius 2 is 1.86 bits per heavy atom. The summed E-state index contributed by atoms with van der Waals surface area (Å²) in [4.78, 5) is 48.4. The normalized spacial score (nSPS) is 16.4. The number of hydrogen-bond donors (Lipinski definition) is 1. The van der Waals surface area contributed by atoms with E-state index >= 15 is 0 Å². The molecule has 22 heavy (non-hydrogen) atoms. The number of Topliss-reactive ketones (excluding diaryl/α,β-unsaturated/α-hetero) is 1. The van der Waals surface area contributed by atoms with E-state index < -0.39 is 29.2 Å². The first-order chi connectivity index (χ1) is 10.3. The Bertz CT molecular complexity index is 666. The summed E-state index contributed by atoms with van der Waals surface area (Å²) < 4.78 is 4.59. The van der Waals surface area contributed by atoms with Crippen molar-refractivity contribution in [3.63, 3.8) is 0 Å². The Morgan fingerprint density at radius 3 is 2.41 bits per heavy atom. The van der Waals surface area contributed by atoms with Gasteiger partial charge < -0.3 is 10.1 Å². The standard InChI is InChI=1S/C15H16N2O5/c1-15(2)13(20)17(14(21)16-15)8-11(18)9-5-4-6-10(7-9)12(19)22-3/h4-7H,8H2,1-3H3,(H,16,21). The Hall–Kier alpha value is -2.70. The van der Waals surface area contributed by atoms with Crippen LogP contribution < -0.4 is 5.32 Å². The van der Waals surface area contributed by atoms with E-state index in [4.69, 9.17) is 0 Å². The second kappa shape index (κ2) is 5.59. The quantitative estimate of drug-likeness (QED) is 0.508. The number of rotatable bonds is 4. The van der Waals surface area contributed by atoms with Crippen LogP contribution in [0.2, 0.25) is 0 Å². The third-order valence-electron chi connectivity index (χ3n) is 3.35. The molecule has 1 aromatic rings. The van der Waals surface area contributed by atoms with E-state index in [1.165, 1.54) is 31.4 Å². The third kappa shape index (κ3) is 2.83. The average molecular weight is 304 g/mol. The maximum atomic E-state index is 12.2. The van der Waals surface area contributed by atoms with Crippen LogP contribution in [0.5, 0.6) is 0 Å². The fourth-order valence-electron chi connectivity index (χ4n) is 2.13. The van der Waals surface area contributed by atoms with Gasteiger partial charge in [0.05, 0.1) is 19.2 Å². The lowest BCUT2D eigenvalue weighted by atomic mass is 10.1. The number of methoxy groups -OCH3 is 1. The topological polar surface area (TPSA) is 92.8 Å². The molecule has 7 heteroatoms. The highest BCUT2D eigenvalue weighted by Crippen LogP contribution is 2.17. The summed E-state index contributed by atoms with van der Waals surface area (Å²) in [6.07, 6.45) is 0. The summed E-state index contributed by atoms with van der Waals surface area (Å²) in [5.41, 5.74) is -0.565. The number of imide groups is 1. The number of benzene rings is 1. The third-order valence-corrected chi connectivity index (χ3v) is 3.35. The van der Waals surface area contributed by atoms with Crippen molar-refractivity contribution in [1.29, 1.82) is 0 Å². The first-order valence-corrected chi connectivity index (χ1v) is 6.62. The van der Waals surface area contributed by atoms with Gasteiger partial charge in [0.1, 0.15) is 5.54 Å². The highest BCUT2D eigenvalue weighted by Gasteiger charge is 2.44. The van der Waals surface area contributed by atoms with Crippen molar-refractivity contribution >= 4 is 23.7 Å². The fraction of sp³-hybridized carbons (Fsp3) is 0.333. The molecule has 1 aromatic carbocycles. The second-order valence-corrected chi connectivity index (χ2v) is 5.44. The SMILES string of the molecule is COC(=O)c1cccc(C(=O)CN2C(=O)NC(C)(C)C2=O)c1. The molecule has 0 unspecified atom stereocenters. The Morgan fingerprint density at radius 1 is 1.23 bits per heavy atom. The number of nitrogens with zero attached hydrogens (tertiary/aromatic N) is 1. The van der Waals surface area contributed by atoms with Crippen molar-refractivity contribution in [3.05, 3.63) is 35.4 Å². The number of ketones is 1. The lowest BCUT2D eigenvalue weighted by Gasteiger charge is -2.15. The first kappa shape index (κ1) is 15.7. The lowest BCUT2D eigenvalue weighted by Crippen LogP contribution is -2.41. The summed E-state index contributed by atoms with van der Waals surface area (Å²) in [6.45, 7) is 2.75. The molecule has 1 heterocycles. The predicted molar refractivity (Wildman–Crippen MR) is 76.4 cm³/mol. The largest absolute Gasteiger partial charge is 0.465 e. The number of amides is 3. The average Bonchev–Trinajstić information content (AvgIpc) is 2.68. The summed E-state index contributed by atoms with van der Waals surface area (Å²) in [6, 6.07) is 5.33. The highest BCUT2D eigenvalue weighted by molar-refractivity contribution is 6.11. The van der Waals surface area contributed by atoms with Gasteiger partial charge in [-0.1, -0.05) is 12.1 Å². The van der Waals surface area contributed by atoms with Crippen molar-refractivity contribution in [1.82, 2.24) is 10.2 Å². The van der Waals surface area contributed by atoms with E-state index in [2.05, 4.69) is 10.1 Å². The van der Waals surface area contributed by atoms with Gasteiger partial charge in [0.15, 0.2) is 5.78 Å². The lowest BCUT2D eigenvalue weighted by molar-refractivity contribution is -0.129. The van der Waals surface area contributed by atoms with Gasteiger partial charge in [-0.05, 0) is 26.0 Å². The number of ether oxygens (including phenoxy) is 1. The van der Waals surface area contributed by atoms with Gasteiger partial charge in [0.25, 0.3) is 5.91 Å². The summed E-state index contributed by atoms with van der Waals surface area (Å²) in [5, 5.41) is 2.50. The van der Waals surface area contributed by atoms with E-state index in [9.17, 15) is 19.2 Å².